The lowest BCUT2D eigenvalue weighted by atomic mass is 10.3. The number of halogens is 3. The first-order valence-corrected chi connectivity index (χ1v) is 22.4. The topological polar surface area (TPSA) is 330 Å². The van der Waals surface area contributed by atoms with Gasteiger partial charge < -0.3 is 40.0 Å². The summed E-state index contributed by atoms with van der Waals surface area (Å²) in [5.74, 6) is 1.54. The quantitative estimate of drug-likeness (QED) is 0.0479. The smallest absolute Gasteiger partial charge is 0.253 e. The van der Waals surface area contributed by atoms with Gasteiger partial charge in [0.1, 0.15) is 11.5 Å². The fraction of sp³-hybridized carbons (Fsp3) is 0.122. The maximum atomic E-state index is 14.2. The van der Waals surface area contributed by atoms with Crippen LogP contribution in [0, 0.1) is 25.5 Å². The first kappa shape index (κ1) is 51.1. The molecule has 22 nitrogen and oxygen atoms in total. The summed E-state index contributed by atoms with van der Waals surface area (Å²) in [4.78, 5) is 15.3. The number of aryl methyl sites for hydroxylation is 2. The van der Waals surface area contributed by atoms with E-state index in [2.05, 4.69) is 56.3 Å². The summed E-state index contributed by atoms with van der Waals surface area (Å²) in [6, 6.07) is 25.2. The third kappa shape index (κ3) is 15.6. The predicted molar refractivity (Wildman–Crippen MR) is 245 cm³/mol. The third-order valence-corrected chi connectivity index (χ3v) is 10.2. The SMILES string of the molecule is C.Cc1nnc(COc2ccc(Nc3nc(Cl)ncc3F)cc2)o1.Cc1nnc(COc2ccc(Nc3nc(Nc4cccc(S(N)(=O)=O)c4)ncc3F)cc2)o1.Nc1cccc(S(N)(=O)=O)c1. The number of nitrogens with two attached hydrogens (primary N) is 3. The van der Waals surface area contributed by atoms with Crippen LogP contribution in [0.15, 0.2) is 128 Å². The fourth-order valence-electron chi connectivity index (χ4n) is 5.14. The lowest BCUT2D eigenvalue weighted by molar-refractivity contribution is 0.260. The van der Waals surface area contributed by atoms with Gasteiger partial charge in [0.25, 0.3) is 11.8 Å². The molecule has 9 N–H and O–H groups in total. The predicted octanol–water partition coefficient (Wildman–Crippen LogP) is 6.86. The van der Waals surface area contributed by atoms with E-state index >= 15 is 0 Å². The van der Waals surface area contributed by atoms with Crippen LogP contribution in [0.2, 0.25) is 5.28 Å². The second-order valence-electron chi connectivity index (χ2n) is 13.3. The monoisotopic (exact) mass is 994 g/mol. The van der Waals surface area contributed by atoms with Crippen molar-refractivity contribution in [3.63, 3.8) is 0 Å². The van der Waals surface area contributed by atoms with Gasteiger partial charge in [-0.3, -0.25) is 0 Å². The van der Waals surface area contributed by atoms with Crippen LogP contribution in [-0.2, 0) is 33.3 Å². The van der Waals surface area contributed by atoms with Gasteiger partial charge >= 0.3 is 0 Å². The van der Waals surface area contributed by atoms with Crippen LogP contribution in [0.1, 0.15) is 31.0 Å². The molecule has 0 aliphatic carbocycles. The van der Waals surface area contributed by atoms with Gasteiger partial charge in [0.15, 0.2) is 36.5 Å². The maximum absolute atomic E-state index is 14.2. The number of aromatic nitrogens is 8. The lowest BCUT2D eigenvalue weighted by Crippen LogP contribution is -2.12. The van der Waals surface area contributed by atoms with Gasteiger partial charge in [0, 0.05) is 36.6 Å². The third-order valence-electron chi connectivity index (χ3n) is 8.16. The van der Waals surface area contributed by atoms with Gasteiger partial charge in [-0.1, -0.05) is 19.6 Å². The van der Waals surface area contributed by atoms with Crippen LogP contribution in [0.5, 0.6) is 11.5 Å². The number of ether oxygens (including phenoxy) is 2. The van der Waals surface area contributed by atoms with Crippen molar-refractivity contribution < 1.29 is 43.9 Å². The molecule has 356 valence electrons. The summed E-state index contributed by atoms with van der Waals surface area (Å²) in [5, 5.41) is 33.6. The van der Waals surface area contributed by atoms with E-state index in [4.69, 9.17) is 45.9 Å². The Balaban J connectivity index is 0.000000213. The van der Waals surface area contributed by atoms with E-state index in [-0.39, 0.29) is 53.3 Å². The van der Waals surface area contributed by atoms with Crippen molar-refractivity contribution in [2.45, 2.75) is 44.3 Å². The number of sulfonamides is 2. The molecule has 4 aromatic heterocycles. The summed E-state index contributed by atoms with van der Waals surface area (Å²) in [6.07, 6.45) is 1.99. The molecule has 8 aromatic rings. The Bertz CT molecular complexity index is 3170. The normalized spacial score (nSPS) is 10.9. The van der Waals surface area contributed by atoms with Gasteiger partial charge in [-0.25, -0.2) is 45.9 Å². The van der Waals surface area contributed by atoms with Crippen molar-refractivity contribution >= 4 is 72.0 Å². The molecule has 0 aliphatic heterocycles. The van der Waals surface area contributed by atoms with Gasteiger partial charge in [-0.15, -0.1) is 20.4 Å². The molecule has 0 spiro atoms. The minimum absolute atomic E-state index is 0. The molecule has 0 bridgehead atoms. The molecular weight excluding hydrogens is 954 g/mol. The number of rotatable bonds is 14. The Hall–Kier alpha value is -7.91. The van der Waals surface area contributed by atoms with Crippen molar-refractivity contribution in [1.29, 1.82) is 0 Å². The molecule has 4 aromatic carbocycles. The molecule has 0 saturated carbocycles. The van der Waals surface area contributed by atoms with E-state index in [0.717, 1.165) is 12.4 Å². The van der Waals surface area contributed by atoms with E-state index in [1.54, 1.807) is 74.5 Å². The van der Waals surface area contributed by atoms with E-state index in [1.807, 2.05) is 0 Å². The van der Waals surface area contributed by atoms with Crippen LogP contribution in [0.3, 0.4) is 0 Å². The maximum Gasteiger partial charge on any atom is 0.253 e. The summed E-state index contributed by atoms with van der Waals surface area (Å²) in [5.41, 5.74) is 7.27. The zero-order valence-corrected chi connectivity index (χ0v) is 37.2. The highest BCUT2D eigenvalue weighted by Crippen LogP contribution is 2.25. The van der Waals surface area contributed by atoms with E-state index in [1.165, 1.54) is 36.4 Å². The number of hydrogen-bond acceptors (Lipinski definition) is 20. The van der Waals surface area contributed by atoms with Gasteiger partial charge in [0.05, 0.1) is 22.2 Å². The van der Waals surface area contributed by atoms with Crippen molar-refractivity contribution in [3.8, 4) is 11.5 Å². The fourth-order valence-corrected chi connectivity index (χ4v) is 6.41. The highest BCUT2D eigenvalue weighted by atomic mass is 35.5. The van der Waals surface area contributed by atoms with Gasteiger partial charge in [-0.05, 0) is 96.5 Å². The van der Waals surface area contributed by atoms with E-state index in [9.17, 15) is 25.6 Å². The zero-order chi connectivity index (χ0) is 48.1. The van der Waals surface area contributed by atoms with Crippen molar-refractivity contribution in [3.05, 3.63) is 150 Å². The van der Waals surface area contributed by atoms with Crippen LogP contribution in [-0.4, -0.2) is 57.2 Å². The molecule has 68 heavy (non-hydrogen) atoms. The summed E-state index contributed by atoms with van der Waals surface area (Å²) in [7, 11) is -7.48. The largest absolute Gasteiger partial charge is 0.484 e. The molecule has 0 fully saturated rings. The number of hydrogen-bond donors (Lipinski definition) is 6. The number of primary sulfonamides is 2. The minimum Gasteiger partial charge on any atom is -0.484 e. The number of nitrogen functional groups attached to an aromatic ring is 1. The summed E-state index contributed by atoms with van der Waals surface area (Å²) in [6.45, 7) is 3.68. The number of anilines is 7. The highest BCUT2D eigenvalue weighted by Gasteiger charge is 2.13. The molecule has 0 aliphatic rings. The van der Waals surface area contributed by atoms with Crippen molar-refractivity contribution in [2.75, 3.05) is 21.7 Å². The van der Waals surface area contributed by atoms with Crippen LogP contribution in [0.25, 0.3) is 0 Å². The second kappa shape index (κ2) is 23.0. The molecule has 4 heterocycles. The van der Waals surface area contributed by atoms with Gasteiger partial charge in [0.2, 0.25) is 43.1 Å². The second-order valence-corrected chi connectivity index (χ2v) is 16.8. The lowest BCUT2D eigenvalue weighted by Gasteiger charge is -2.11. The average molecular weight is 995 g/mol. The molecule has 0 radical (unpaired) electrons. The molecule has 27 heteroatoms. The van der Waals surface area contributed by atoms with E-state index < -0.39 is 31.7 Å². The molecule has 0 atom stereocenters. The molecular formula is C41H41ClF2N14O8S2. The average Bonchev–Trinajstić information content (AvgIpc) is 3.92. The number of nitrogens with one attached hydrogen (secondary N) is 3. The summed E-state index contributed by atoms with van der Waals surface area (Å²) < 4.78 is 93.8. The van der Waals surface area contributed by atoms with Crippen LogP contribution in [0.4, 0.5) is 49.1 Å². The first-order valence-electron chi connectivity index (χ1n) is 18.9. The standard InChI is InChI=1S/C20H18FN7O4S.C14H11ClFN5O2.C6H8N2O2S.CH4/c1-12-27-28-18(32-12)11-31-15-7-5-13(6-8-15)24-19-17(21)10-23-20(26-19)25-14-3-2-4-16(9-14)33(22,29)30;1-8-20-21-12(23-8)7-22-10-4-2-9(3-5-10)18-13-11(16)6-17-14(15)19-13;7-5-2-1-3-6(4-5)11(8,9)10;/h2-10H,11H2,1H3,(H2,22,29,30)(H2,23,24,25,26);2-6H,7H2,1H3,(H,17,18,19);1-4H,7H2,(H2,8,9,10);1H4. The first-order chi connectivity index (χ1) is 31.9. The summed E-state index contributed by atoms with van der Waals surface area (Å²) >= 11 is 5.64. The Morgan fingerprint density at radius 2 is 1.09 bits per heavy atom. The minimum atomic E-state index is -3.87. The Kier molecular flexibility index (Phi) is 17.3. The molecule has 8 rings (SSSR count). The van der Waals surface area contributed by atoms with Crippen LogP contribution >= 0.6 is 11.6 Å². The Morgan fingerprint density at radius 3 is 1.54 bits per heavy atom. The van der Waals surface area contributed by atoms with Crippen molar-refractivity contribution in [1.82, 2.24) is 40.3 Å². The van der Waals surface area contributed by atoms with Crippen molar-refractivity contribution in [2.24, 2.45) is 10.3 Å². The van der Waals surface area contributed by atoms with Crippen LogP contribution < -0.4 is 41.4 Å². The number of benzene rings is 4. The highest BCUT2D eigenvalue weighted by molar-refractivity contribution is 7.89. The molecule has 0 amide bonds. The number of nitrogens with zero attached hydrogens (tertiary/aromatic N) is 8. The van der Waals surface area contributed by atoms with E-state index in [0.29, 0.717) is 57.8 Å². The van der Waals surface area contributed by atoms with Gasteiger partial charge in [-0.2, -0.15) is 9.97 Å². The Labute approximate surface area is 392 Å². The molecule has 0 saturated heterocycles. The molecule has 0 unspecified atom stereocenters. The zero-order valence-electron chi connectivity index (χ0n) is 34.8. The Morgan fingerprint density at radius 1 is 0.618 bits per heavy atom.